The fourth-order valence-corrected chi connectivity index (χ4v) is 2.48. The van der Waals surface area contributed by atoms with Gasteiger partial charge in [-0.25, -0.2) is 0 Å². The van der Waals surface area contributed by atoms with Crippen LogP contribution in [0.1, 0.15) is 54.4 Å². The van der Waals surface area contributed by atoms with E-state index in [1.165, 1.54) is 5.56 Å². The minimum Gasteiger partial charge on any atom is -0.393 e. The molecule has 0 aliphatic heterocycles. The van der Waals surface area contributed by atoms with Crippen molar-refractivity contribution in [3.63, 3.8) is 0 Å². The average molecular weight is 218 g/mol. The predicted octanol–water partition coefficient (Wildman–Crippen LogP) is 2.91. The smallest absolute Gasteiger partial charge is 0.159 e. The van der Waals surface area contributed by atoms with Gasteiger partial charge in [-0.1, -0.05) is 24.6 Å². The quantitative estimate of drug-likeness (QED) is 0.775. The lowest BCUT2D eigenvalue weighted by Gasteiger charge is -2.26. The zero-order chi connectivity index (χ0) is 11.5. The summed E-state index contributed by atoms with van der Waals surface area (Å²) in [6.07, 6.45) is 3.79. The maximum Gasteiger partial charge on any atom is 0.159 e. The molecule has 1 aromatic rings. The standard InChI is InChI=1S/C14H18O2/c1-10(15)11-4-2-5-12(8-11)13-6-3-7-14(16)9-13/h2,4-5,8,13-14,16H,3,6-7,9H2,1H3. The maximum absolute atomic E-state index is 11.3. The minimum absolute atomic E-state index is 0.109. The van der Waals surface area contributed by atoms with Gasteiger partial charge in [-0.05, 0) is 43.7 Å². The van der Waals surface area contributed by atoms with Crippen LogP contribution in [0, 0.1) is 0 Å². The Morgan fingerprint density at radius 3 is 2.88 bits per heavy atom. The van der Waals surface area contributed by atoms with Crippen LogP contribution in [-0.4, -0.2) is 17.0 Å². The highest BCUT2D eigenvalue weighted by molar-refractivity contribution is 5.94. The lowest BCUT2D eigenvalue weighted by atomic mass is 9.82. The molecule has 2 heteroatoms. The molecule has 0 amide bonds. The summed E-state index contributed by atoms with van der Waals surface area (Å²) in [6, 6.07) is 7.83. The lowest BCUT2D eigenvalue weighted by molar-refractivity contribution is 0.101. The van der Waals surface area contributed by atoms with Crippen molar-refractivity contribution in [2.45, 2.75) is 44.6 Å². The lowest BCUT2D eigenvalue weighted by Crippen LogP contribution is -2.18. The number of hydrogen-bond donors (Lipinski definition) is 1. The van der Waals surface area contributed by atoms with Crippen molar-refractivity contribution in [1.29, 1.82) is 0 Å². The van der Waals surface area contributed by atoms with Gasteiger partial charge in [0.1, 0.15) is 0 Å². The number of rotatable bonds is 2. The van der Waals surface area contributed by atoms with E-state index in [9.17, 15) is 9.90 Å². The van der Waals surface area contributed by atoms with Gasteiger partial charge < -0.3 is 5.11 Å². The van der Waals surface area contributed by atoms with E-state index in [0.29, 0.717) is 5.92 Å². The number of carbonyl (C=O) groups excluding carboxylic acids is 1. The Labute approximate surface area is 96.3 Å². The van der Waals surface area contributed by atoms with Crippen molar-refractivity contribution in [2.75, 3.05) is 0 Å². The number of ketones is 1. The monoisotopic (exact) mass is 218 g/mol. The van der Waals surface area contributed by atoms with Crippen molar-refractivity contribution in [2.24, 2.45) is 0 Å². The first-order valence-electron chi connectivity index (χ1n) is 5.96. The molecule has 0 spiro atoms. The molecule has 1 fully saturated rings. The molecule has 0 radical (unpaired) electrons. The Kier molecular flexibility index (Phi) is 3.39. The first kappa shape index (κ1) is 11.3. The number of carbonyl (C=O) groups is 1. The molecule has 0 bridgehead atoms. The molecule has 0 aromatic heterocycles. The van der Waals surface area contributed by atoms with Gasteiger partial charge >= 0.3 is 0 Å². The summed E-state index contributed by atoms with van der Waals surface area (Å²) in [6.45, 7) is 1.59. The first-order chi connectivity index (χ1) is 7.66. The van der Waals surface area contributed by atoms with Crippen molar-refractivity contribution < 1.29 is 9.90 Å². The molecule has 2 atom stereocenters. The topological polar surface area (TPSA) is 37.3 Å². The van der Waals surface area contributed by atoms with E-state index in [2.05, 4.69) is 6.07 Å². The highest BCUT2D eigenvalue weighted by Crippen LogP contribution is 2.33. The highest BCUT2D eigenvalue weighted by Gasteiger charge is 2.21. The molecule has 1 saturated carbocycles. The summed E-state index contributed by atoms with van der Waals surface area (Å²) in [5.74, 6) is 0.529. The van der Waals surface area contributed by atoms with Crippen molar-refractivity contribution in [3.05, 3.63) is 35.4 Å². The van der Waals surface area contributed by atoms with E-state index in [1.807, 2.05) is 18.2 Å². The van der Waals surface area contributed by atoms with Gasteiger partial charge in [0.25, 0.3) is 0 Å². The molecule has 1 N–H and O–H groups in total. The third-order valence-corrected chi connectivity index (χ3v) is 3.41. The molecule has 2 rings (SSSR count). The summed E-state index contributed by atoms with van der Waals surface area (Å²) in [5.41, 5.74) is 1.98. The molecule has 2 nitrogen and oxygen atoms in total. The number of Topliss-reactive ketones (excluding diaryl/α,β-unsaturated/α-hetero) is 1. The molecular formula is C14H18O2. The van der Waals surface area contributed by atoms with Crippen LogP contribution < -0.4 is 0 Å². The summed E-state index contributed by atoms with van der Waals surface area (Å²) in [7, 11) is 0. The van der Waals surface area contributed by atoms with E-state index in [0.717, 1.165) is 31.2 Å². The van der Waals surface area contributed by atoms with Gasteiger partial charge in [-0.3, -0.25) is 4.79 Å². The van der Waals surface area contributed by atoms with E-state index < -0.39 is 0 Å². The second kappa shape index (κ2) is 4.79. The van der Waals surface area contributed by atoms with Crippen LogP contribution in [0.2, 0.25) is 0 Å². The largest absolute Gasteiger partial charge is 0.393 e. The molecule has 1 aliphatic rings. The Balaban J connectivity index is 2.19. The van der Waals surface area contributed by atoms with Crippen LogP contribution >= 0.6 is 0 Å². The third kappa shape index (κ3) is 2.50. The predicted molar refractivity (Wildman–Crippen MR) is 63.7 cm³/mol. The summed E-state index contributed by atoms with van der Waals surface area (Å²) < 4.78 is 0. The van der Waals surface area contributed by atoms with Gasteiger partial charge in [0.15, 0.2) is 5.78 Å². The molecule has 0 saturated heterocycles. The number of aliphatic hydroxyl groups is 1. The Bertz CT molecular complexity index is 384. The van der Waals surface area contributed by atoms with Gasteiger partial charge in [0.05, 0.1) is 6.10 Å². The van der Waals surface area contributed by atoms with E-state index in [-0.39, 0.29) is 11.9 Å². The summed E-state index contributed by atoms with van der Waals surface area (Å²) in [5, 5.41) is 9.65. The van der Waals surface area contributed by atoms with Gasteiger partial charge in [0, 0.05) is 5.56 Å². The second-order valence-corrected chi connectivity index (χ2v) is 4.70. The van der Waals surface area contributed by atoms with Gasteiger partial charge in [0.2, 0.25) is 0 Å². The van der Waals surface area contributed by atoms with Crippen molar-refractivity contribution in [1.82, 2.24) is 0 Å². The molecule has 86 valence electrons. The van der Waals surface area contributed by atoms with Crippen LogP contribution in [0.15, 0.2) is 24.3 Å². The van der Waals surface area contributed by atoms with Crippen molar-refractivity contribution >= 4 is 5.78 Å². The molecule has 16 heavy (non-hydrogen) atoms. The van der Waals surface area contributed by atoms with Crippen LogP contribution in [0.25, 0.3) is 0 Å². The Morgan fingerprint density at radius 1 is 1.38 bits per heavy atom. The normalized spacial score (nSPS) is 25.4. The minimum atomic E-state index is -0.167. The number of hydrogen-bond acceptors (Lipinski definition) is 2. The van der Waals surface area contributed by atoms with E-state index in [4.69, 9.17) is 0 Å². The fraction of sp³-hybridized carbons (Fsp3) is 0.500. The Hall–Kier alpha value is -1.15. The van der Waals surface area contributed by atoms with Gasteiger partial charge in [-0.2, -0.15) is 0 Å². The zero-order valence-corrected chi connectivity index (χ0v) is 9.65. The van der Waals surface area contributed by atoms with Crippen LogP contribution in [0.5, 0.6) is 0 Å². The first-order valence-corrected chi connectivity index (χ1v) is 5.96. The zero-order valence-electron chi connectivity index (χ0n) is 9.65. The SMILES string of the molecule is CC(=O)c1cccc(C2CCCC(O)C2)c1. The molecular weight excluding hydrogens is 200 g/mol. The van der Waals surface area contributed by atoms with Crippen LogP contribution in [0.4, 0.5) is 0 Å². The fourth-order valence-electron chi connectivity index (χ4n) is 2.48. The summed E-state index contributed by atoms with van der Waals surface area (Å²) in [4.78, 5) is 11.3. The average Bonchev–Trinajstić information content (AvgIpc) is 2.29. The summed E-state index contributed by atoms with van der Waals surface area (Å²) >= 11 is 0. The highest BCUT2D eigenvalue weighted by atomic mass is 16.3. The maximum atomic E-state index is 11.3. The third-order valence-electron chi connectivity index (χ3n) is 3.41. The van der Waals surface area contributed by atoms with Crippen LogP contribution in [0.3, 0.4) is 0 Å². The molecule has 1 aromatic carbocycles. The molecule has 1 aliphatic carbocycles. The van der Waals surface area contributed by atoms with E-state index in [1.54, 1.807) is 6.92 Å². The number of aliphatic hydroxyl groups excluding tert-OH is 1. The second-order valence-electron chi connectivity index (χ2n) is 4.70. The Morgan fingerprint density at radius 2 is 2.19 bits per heavy atom. The van der Waals surface area contributed by atoms with E-state index >= 15 is 0 Å². The van der Waals surface area contributed by atoms with Gasteiger partial charge in [-0.15, -0.1) is 0 Å². The molecule has 0 heterocycles. The van der Waals surface area contributed by atoms with Crippen molar-refractivity contribution in [3.8, 4) is 0 Å². The molecule has 2 unspecified atom stereocenters. The number of benzene rings is 1. The van der Waals surface area contributed by atoms with Crippen LogP contribution in [-0.2, 0) is 0 Å².